The number of likely N-dealkylation sites (tertiary alicyclic amines) is 1. The lowest BCUT2D eigenvalue weighted by atomic mass is 10.2. The molecular formula is C14H15NO4. The third kappa shape index (κ3) is 2.99. The molecule has 1 aromatic carbocycles. The van der Waals surface area contributed by atoms with E-state index in [2.05, 4.69) is 0 Å². The second-order valence-corrected chi connectivity index (χ2v) is 4.43. The van der Waals surface area contributed by atoms with Crippen LogP contribution >= 0.6 is 0 Å². The normalized spacial score (nSPS) is 18.5. The lowest BCUT2D eigenvalue weighted by Crippen LogP contribution is -2.42. The molecule has 1 aliphatic rings. The number of esters is 1. The summed E-state index contributed by atoms with van der Waals surface area (Å²) in [6.45, 7) is 1.43. The van der Waals surface area contributed by atoms with E-state index < -0.39 is 17.9 Å². The predicted molar refractivity (Wildman–Crippen MR) is 66.8 cm³/mol. The Morgan fingerprint density at radius 2 is 2.00 bits per heavy atom. The minimum Gasteiger partial charge on any atom is -0.459 e. The highest BCUT2D eigenvalue weighted by Gasteiger charge is 2.39. The third-order valence-electron chi connectivity index (χ3n) is 3.05. The number of imide groups is 1. The minimum absolute atomic E-state index is 0.149. The molecule has 5 nitrogen and oxygen atoms in total. The molecule has 5 heteroatoms. The standard InChI is InChI=1S/C14H15NO4/c1-10(16)15-12(7-8-13(15)17)14(18)19-9-11-5-3-2-4-6-11/h2-6,12H,7-9H2,1H3/t12-/m0/s1. The highest BCUT2D eigenvalue weighted by molar-refractivity contribution is 6.00. The van der Waals surface area contributed by atoms with Crippen molar-refractivity contribution in [1.29, 1.82) is 0 Å². The molecule has 1 aliphatic heterocycles. The summed E-state index contributed by atoms with van der Waals surface area (Å²) in [5.41, 5.74) is 0.870. The Balaban J connectivity index is 1.96. The van der Waals surface area contributed by atoms with Crippen molar-refractivity contribution in [3.63, 3.8) is 0 Å². The van der Waals surface area contributed by atoms with E-state index in [0.29, 0.717) is 6.42 Å². The summed E-state index contributed by atoms with van der Waals surface area (Å²) in [5.74, 6) is -1.25. The van der Waals surface area contributed by atoms with Crippen LogP contribution in [0.15, 0.2) is 30.3 Å². The molecule has 1 aromatic rings. The SMILES string of the molecule is CC(=O)N1C(=O)CC[C@H]1C(=O)OCc1ccccc1. The quantitative estimate of drug-likeness (QED) is 0.769. The molecule has 0 aliphatic carbocycles. The highest BCUT2D eigenvalue weighted by atomic mass is 16.5. The summed E-state index contributed by atoms with van der Waals surface area (Å²) in [6.07, 6.45) is 0.552. The third-order valence-corrected chi connectivity index (χ3v) is 3.05. The van der Waals surface area contributed by atoms with Crippen LogP contribution in [0.2, 0.25) is 0 Å². The fraction of sp³-hybridized carbons (Fsp3) is 0.357. The molecule has 0 aromatic heterocycles. The summed E-state index contributed by atoms with van der Waals surface area (Å²) < 4.78 is 5.16. The molecule has 19 heavy (non-hydrogen) atoms. The maximum absolute atomic E-state index is 11.9. The largest absolute Gasteiger partial charge is 0.459 e. The van der Waals surface area contributed by atoms with E-state index in [0.717, 1.165) is 10.5 Å². The van der Waals surface area contributed by atoms with E-state index in [1.807, 2.05) is 30.3 Å². The molecule has 1 fully saturated rings. The summed E-state index contributed by atoms with van der Waals surface area (Å²) in [6, 6.07) is 8.49. The molecule has 0 saturated carbocycles. The minimum atomic E-state index is -0.770. The first-order valence-electron chi connectivity index (χ1n) is 6.13. The van der Waals surface area contributed by atoms with Crippen molar-refractivity contribution in [3.05, 3.63) is 35.9 Å². The van der Waals surface area contributed by atoms with Crippen molar-refractivity contribution >= 4 is 17.8 Å². The van der Waals surface area contributed by atoms with Gasteiger partial charge in [0.05, 0.1) is 0 Å². The average Bonchev–Trinajstić information content (AvgIpc) is 2.79. The van der Waals surface area contributed by atoms with E-state index in [1.54, 1.807) is 0 Å². The summed E-state index contributed by atoms with van der Waals surface area (Å²) in [4.78, 5) is 35.7. The van der Waals surface area contributed by atoms with Crippen LogP contribution in [0.3, 0.4) is 0 Å². The fourth-order valence-corrected chi connectivity index (χ4v) is 2.13. The van der Waals surface area contributed by atoms with E-state index in [4.69, 9.17) is 4.74 Å². The van der Waals surface area contributed by atoms with E-state index >= 15 is 0 Å². The molecule has 0 bridgehead atoms. The zero-order valence-electron chi connectivity index (χ0n) is 10.7. The predicted octanol–water partition coefficient (Wildman–Crippen LogP) is 1.27. The van der Waals surface area contributed by atoms with E-state index in [1.165, 1.54) is 6.92 Å². The molecule has 2 amide bonds. The van der Waals surface area contributed by atoms with Gasteiger partial charge in [-0.25, -0.2) is 4.79 Å². The zero-order chi connectivity index (χ0) is 13.8. The van der Waals surface area contributed by atoms with Gasteiger partial charge in [0.15, 0.2) is 0 Å². The highest BCUT2D eigenvalue weighted by Crippen LogP contribution is 2.20. The Morgan fingerprint density at radius 3 is 2.63 bits per heavy atom. The number of ether oxygens (including phenoxy) is 1. The smallest absolute Gasteiger partial charge is 0.329 e. The molecule has 2 rings (SSSR count). The summed E-state index contributed by atoms with van der Waals surface area (Å²) >= 11 is 0. The lowest BCUT2D eigenvalue weighted by Gasteiger charge is -2.19. The van der Waals surface area contributed by atoms with Crippen LogP contribution in [-0.4, -0.2) is 28.7 Å². The van der Waals surface area contributed by atoms with E-state index in [9.17, 15) is 14.4 Å². The van der Waals surface area contributed by atoms with Crippen LogP contribution in [0, 0.1) is 0 Å². The van der Waals surface area contributed by atoms with Crippen LogP contribution in [-0.2, 0) is 25.7 Å². The van der Waals surface area contributed by atoms with Crippen LogP contribution in [0.5, 0.6) is 0 Å². The number of rotatable bonds is 3. The number of nitrogens with zero attached hydrogens (tertiary/aromatic N) is 1. The molecule has 0 radical (unpaired) electrons. The van der Waals surface area contributed by atoms with Crippen molar-refractivity contribution in [1.82, 2.24) is 4.90 Å². The van der Waals surface area contributed by atoms with E-state index in [-0.39, 0.29) is 18.9 Å². The maximum atomic E-state index is 11.9. The zero-order valence-corrected chi connectivity index (χ0v) is 10.7. The van der Waals surface area contributed by atoms with Crippen LogP contribution in [0.25, 0.3) is 0 Å². The number of hydrogen-bond acceptors (Lipinski definition) is 4. The number of carbonyl (C=O) groups excluding carboxylic acids is 3. The lowest BCUT2D eigenvalue weighted by molar-refractivity contribution is -0.157. The van der Waals surface area contributed by atoms with Gasteiger partial charge in [-0.1, -0.05) is 30.3 Å². The van der Waals surface area contributed by atoms with Crippen LogP contribution in [0.1, 0.15) is 25.3 Å². The van der Waals surface area contributed by atoms with Gasteiger partial charge in [-0.2, -0.15) is 0 Å². The molecule has 1 heterocycles. The topological polar surface area (TPSA) is 63.7 Å². The van der Waals surface area contributed by atoms with Gasteiger partial charge in [-0.3, -0.25) is 14.5 Å². The monoisotopic (exact) mass is 261 g/mol. The van der Waals surface area contributed by atoms with Gasteiger partial charge in [0, 0.05) is 13.3 Å². The van der Waals surface area contributed by atoms with Gasteiger partial charge < -0.3 is 4.74 Å². The molecule has 1 saturated heterocycles. The van der Waals surface area contributed by atoms with Gasteiger partial charge in [0.2, 0.25) is 11.8 Å². The van der Waals surface area contributed by atoms with Crippen molar-refractivity contribution in [2.45, 2.75) is 32.4 Å². The summed E-state index contributed by atoms with van der Waals surface area (Å²) in [5, 5.41) is 0. The Bertz CT molecular complexity index is 497. The number of benzene rings is 1. The Morgan fingerprint density at radius 1 is 1.32 bits per heavy atom. The molecule has 0 N–H and O–H groups in total. The van der Waals surface area contributed by atoms with Crippen LogP contribution in [0.4, 0.5) is 0 Å². The molecular weight excluding hydrogens is 246 g/mol. The molecule has 1 atom stereocenters. The Kier molecular flexibility index (Phi) is 3.94. The molecule has 100 valence electrons. The number of carbonyl (C=O) groups is 3. The second-order valence-electron chi connectivity index (χ2n) is 4.43. The van der Waals surface area contributed by atoms with Gasteiger partial charge in [0.25, 0.3) is 0 Å². The number of hydrogen-bond donors (Lipinski definition) is 0. The first-order valence-corrected chi connectivity index (χ1v) is 6.13. The number of amides is 2. The van der Waals surface area contributed by atoms with Crippen LogP contribution < -0.4 is 0 Å². The maximum Gasteiger partial charge on any atom is 0.329 e. The Labute approximate surface area is 111 Å². The van der Waals surface area contributed by atoms with Gasteiger partial charge >= 0.3 is 5.97 Å². The first-order chi connectivity index (χ1) is 9.09. The average molecular weight is 261 g/mol. The summed E-state index contributed by atoms with van der Waals surface area (Å²) in [7, 11) is 0. The van der Waals surface area contributed by atoms with Crippen molar-refractivity contribution in [3.8, 4) is 0 Å². The molecule has 0 spiro atoms. The van der Waals surface area contributed by atoms with Crippen molar-refractivity contribution in [2.75, 3.05) is 0 Å². The van der Waals surface area contributed by atoms with Crippen molar-refractivity contribution in [2.24, 2.45) is 0 Å². The molecule has 0 unspecified atom stereocenters. The van der Waals surface area contributed by atoms with Gasteiger partial charge in [-0.15, -0.1) is 0 Å². The fourth-order valence-electron chi connectivity index (χ4n) is 2.13. The van der Waals surface area contributed by atoms with Gasteiger partial charge in [-0.05, 0) is 12.0 Å². The van der Waals surface area contributed by atoms with Gasteiger partial charge in [0.1, 0.15) is 12.6 Å². The van der Waals surface area contributed by atoms with Crippen molar-refractivity contribution < 1.29 is 19.1 Å². The Hall–Kier alpha value is -2.17. The second kappa shape index (κ2) is 5.65. The first kappa shape index (κ1) is 13.3.